The van der Waals surface area contributed by atoms with Gasteiger partial charge in [-0.05, 0) is 6.07 Å². The van der Waals surface area contributed by atoms with Crippen molar-refractivity contribution < 1.29 is 17.3 Å². The zero-order valence-electron chi connectivity index (χ0n) is 6.48. The average Bonchev–Trinajstić information content (AvgIpc) is 2.03. The van der Waals surface area contributed by atoms with Gasteiger partial charge in [0.05, 0.1) is 11.4 Å². The minimum absolute atomic E-state index is 0.00620. The van der Waals surface area contributed by atoms with Crippen LogP contribution < -0.4 is 5.73 Å². The van der Waals surface area contributed by atoms with Crippen molar-refractivity contribution in [3.63, 3.8) is 0 Å². The maximum atomic E-state index is 12.9. The van der Waals surface area contributed by atoms with Crippen molar-refractivity contribution in [2.24, 2.45) is 5.73 Å². The van der Waals surface area contributed by atoms with Gasteiger partial charge >= 0.3 is 0 Å². The molecule has 1 rings (SSSR count). The summed E-state index contributed by atoms with van der Waals surface area (Å²) in [6.07, 6.45) is -1.29. The molecule has 13 heavy (non-hydrogen) atoms. The predicted molar refractivity (Wildman–Crippen MR) is 43.3 cm³/mol. The summed E-state index contributed by atoms with van der Waals surface area (Å²) in [5, 5.41) is 0. The molecule has 1 aromatic carbocycles. The Hall–Kier alpha value is -0.820. The molecule has 0 saturated heterocycles. The number of nitrogens with two attached hydrogens (primary N) is 1. The molecule has 6 heteroatoms. The maximum absolute atomic E-state index is 12.9. The van der Waals surface area contributed by atoms with Crippen LogP contribution in [0.4, 0.5) is 4.39 Å². The SMILES string of the molecule is NC(OS(=O)[O-])c1ccccc1F. The van der Waals surface area contributed by atoms with E-state index in [2.05, 4.69) is 4.18 Å². The molecular formula is C7H7FNO3S-. The van der Waals surface area contributed by atoms with Crippen LogP contribution in [0.25, 0.3) is 0 Å². The summed E-state index contributed by atoms with van der Waals surface area (Å²) < 4.78 is 37.2. The van der Waals surface area contributed by atoms with E-state index < -0.39 is 23.4 Å². The highest BCUT2D eigenvalue weighted by Gasteiger charge is 2.10. The number of halogens is 1. The molecule has 0 amide bonds. The fraction of sp³-hybridized carbons (Fsp3) is 0.143. The van der Waals surface area contributed by atoms with Gasteiger partial charge in [0.15, 0.2) is 0 Å². The third-order valence-electron chi connectivity index (χ3n) is 1.39. The van der Waals surface area contributed by atoms with Crippen LogP contribution in [0.3, 0.4) is 0 Å². The van der Waals surface area contributed by atoms with Gasteiger partial charge in [0.25, 0.3) is 0 Å². The molecule has 0 aliphatic heterocycles. The second-order valence-corrected chi connectivity index (χ2v) is 2.84. The number of benzene rings is 1. The fourth-order valence-electron chi connectivity index (χ4n) is 0.842. The van der Waals surface area contributed by atoms with Gasteiger partial charge in [0.2, 0.25) is 0 Å². The van der Waals surface area contributed by atoms with Crippen LogP contribution in [-0.4, -0.2) is 8.76 Å². The lowest BCUT2D eigenvalue weighted by atomic mass is 10.2. The van der Waals surface area contributed by atoms with Gasteiger partial charge in [-0.15, -0.1) is 0 Å². The summed E-state index contributed by atoms with van der Waals surface area (Å²) >= 11 is -2.75. The van der Waals surface area contributed by atoms with Crippen LogP contribution in [0.5, 0.6) is 0 Å². The first-order chi connectivity index (χ1) is 6.11. The highest BCUT2D eigenvalue weighted by molar-refractivity contribution is 7.74. The minimum Gasteiger partial charge on any atom is -0.750 e. The molecule has 1 aromatic rings. The topological polar surface area (TPSA) is 75.4 Å². The second-order valence-electron chi connectivity index (χ2n) is 2.24. The van der Waals surface area contributed by atoms with Crippen LogP contribution in [0.2, 0.25) is 0 Å². The van der Waals surface area contributed by atoms with Crippen LogP contribution in [-0.2, 0) is 15.5 Å². The normalized spacial score (nSPS) is 15.3. The average molecular weight is 204 g/mol. The van der Waals surface area contributed by atoms with Gasteiger partial charge in [-0.1, -0.05) is 18.2 Å². The third-order valence-corrected chi connectivity index (χ3v) is 1.76. The Morgan fingerprint density at radius 2 is 2.15 bits per heavy atom. The summed E-state index contributed by atoms with van der Waals surface area (Å²) in [4.78, 5) is 0. The molecular weight excluding hydrogens is 197 g/mol. The lowest BCUT2D eigenvalue weighted by Crippen LogP contribution is -2.16. The van der Waals surface area contributed by atoms with Gasteiger partial charge in [-0.2, -0.15) is 0 Å². The van der Waals surface area contributed by atoms with E-state index in [0.717, 1.165) is 0 Å². The number of hydrogen-bond donors (Lipinski definition) is 1. The van der Waals surface area contributed by atoms with E-state index in [0.29, 0.717) is 0 Å². The first-order valence-corrected chi connectivity index (χ1v) is 4.37. The Morgan fingerprint density at radius 1 is 1.54 bits per heavy atom. The van der Waals surface area contributed by atoms with Crippen molar-refractivity contribution in [2.75, 3.05) is 0 Å². The highest BCUT2D eigenvalue weighted by Crippen LogP contribution is 2.15. The van der Waals surface area contributed by atoms with E-state index in [9.17, 15) is 13.2 Å². The van der Waals surface area contributed by atoms with Gasteiger partial charge in [-0.25, -0.2) is 8.60 Å². The van der Waals surface area contributed by atoms with Crippen LogP contribution in [0.1, 0.15) is 11.8 Å². The standard InChI is InChI=1S/C7H8FNO3S/c8-6-4-2-1-3-5(6)7(9)12-13(10)11/h1-4,7H,9H2,(H,10,11)/p-1. The minimum atomic E-state index is -2.75. The van der Waals surface area contributed by atoms with Gasteiger partial charge in [0, 0.05) is 5.56 Å². The summed E-state index contributed by atoms with van der Waals surface area (Å²) in [6.45, 7) is 0. The van der Waals surface area contributed by atoms with Gasteiger partial charge in [-0.3, -0.25) is 4.18 Å². The van der Waals surface area contributed by atoms with Crippen molar-refractivity contribution in [1.29, 1.82) is 0 Å². The molecule has 2 atom stereocenters. The maximum Gasteiger partial charge on any atom is 0.150 e. The summed E-state index contributed by atoms with van der Waals surface area (Å²) in [7, 11) is 0. The third kappa shape index (κ3) is 2.85. The molecule has 0 aliphatic carbocycles. The monoisotopic (exact) mass is 204 g/mol. The number of rotatable bonds is 3. The lowest BCUT2D eigenvalue weighted by molar-refractivity contribution is 0.207. The Morgan fingerprint density at radius 3 is 2.69 bits per heavy atom. The quantitative estimate of drug-likeness (QED) is 0.577. The van der Waals surface area contributed by atoms with E-state index in [-0.39, 0.29) is 5.56 Å². The Bertz CT molecular complexity index is 320. The van der Waals surface area contributed by atoms with Gasteiger partial charge < -0.3 is 10.3 Å². The molecule has 0 aromatic heterocycles. The summed E-state index contributed by atoms with van der Waals surface area (Å²) in [5.74, 6) is -0.597. The summed E-state index contributed by atoms with van der Waals surface area (Å²) in [5.41, 5.74) is 5.25. The van der Waals surface area contributed by atoms with Gasteiger partial charge in [0.1, 0.15) is 12.0 Å². The molecule has 0 spiro atoms. The molecule has 0 heterocycles. The Labute approximate surface area is 77.0 Å². The first-order valence-electron chi connectivity index (χ1n) is 3.37. The molecule has 2 unspecified atom stereocenters. The molecule has 0 saturated carbocycles. The largest absolute Gasteiger partial charge is 0.750 e. The van der Waals surface area contributed by atoms with E-state index in [1.54, 1.807) is 0 Å². The van der Waals surface area contributed by atoms with Crippen LogP contribution in [0, 0.1) is 5.82 Å². The highest BCUT2D eigenvalue weighted by atomic mass is 32.2. The smallest absolute Gasteiger partial charge is 0.150 e. The van der Waals surface area contributed by atoms with Crippen molar-refractivity contribution in [3.8, 4) is 0 Å². The van der Waals surface area contributed by atoms with E-state index in [1.165, 1.54) is 24.3 Å². The molecule has 4 nitrogen and oxygen atoms in total. The van der Waals surface area contributed by atoms with Crippen molar-refractivity contribution in [1.82, 2.24) is 0 Å². The number of hydrogen-bond acceptors (Lipinski definition) is 4. The van der Waals surface area contributed by atoms with Crippen molar-refractivity contribution >= 4 is 11.4 Å². The van der Waals surface area contributed by atoms with E-state index in [1.807, 2.05) is 0 Å². The van der Waals surface area contributed by atoms with E-state index >= 15 is 0 Å². The lowest BCUT2D eigenvalue weighted by Gasteiger charge is -2.14. The van der Waals surface area contributed by atoms with Crippen molar-refractivity contribution in [3.05, 3.63) is 35.6 Å². The molecule has 0 fully saturated rings. The molecule has 0 bridgehead atoms. The molecule has 0 radical (unpaired) electrons. The zero-order valence-corrected chi connectivity index (χ0v) is 7.29. The first kappa shape index (κ1) is 10.3. The van der Waals surface area contributed by atoms with Crippen molar-refractivity contribution in [2.45, 2.75) is 6.23 Å². The fourth-order valence-corrected chi connectivity index (χ4v) is 1.12. The second kappa shape index (κ2) is 4.43. The van der Waals surface area contributed by atoms with Crippen LogP contribution in [0.15, 0.2) is 24.3 Å². The van der Waals surface area contributed by atoms with E-state index in [4.69, 9.17) is 5.73 Å². The predicted octanol–water partition coefficient (Wildman–Crippen LogP) is 0.594. The van der Waals surface area contributed by atoms with Crippen LogP contribution >= 0.6 is 0 Å². The molecule has 0 aliphatic rings. The molecule has 2 N–H and O–H groups in total. The molecule has 72 valence electrons. The Balaban J connectivity index is 2.82. The summed E-state index contributed by atoms with van der Waals surface area (Å²) in [6, 6.07) is 5.54. The Kier molecular flexibility index (Phi) is 3.49. The zero-order chi connectivity index (χ0) is 9.84.